The fourth-order valence-corrected chi connectivity index (χ4v) is 3.48. The van der Waals surface area contributed by atoms with Gasteiger partial charge in [0, 0.05) is 0 Å². The maximum Gasteiger partial charge on any atom is 0.199 e. The van der Waals surface area contributed by atoms with Crippen molar-refractivity contribution in [1.29, 1.82) is 0 Å². The van der Waals surface area contributed by atoms with Gasteiger partial charge in [-0.1, -0.05) is 31.5 Å². The van der Waals surface area contributed by atoms with Crippen LogP contribution in [0.25, 0.3) is 5.69 Å². The van der Waals surface area contributed by atoms with Gasteiger partial charge in [-0.15, -0.1) is 4.91 Å². The standard InChI is InChI=1S/C21H24N4O2S/c1-12(2)16-10-17(24-26)14(4)9-19(16)27-11-20-22-23-21(28)25(20)18-7-6-13(3)8-15(18)5/h6-10,12H,11H2,1-5H3,(H,23,28). The zero-order chi connectivity index (χ0) is 20.4. The van der Waals surface area contributed by atoms with Crippen LogP contribution >= 0.6 is 12.2 Å². The molecule has 0 saturated heterocycles. The van der Waals surface area contributed by atoms with Gasteiger partial charge in [0.05, 0.1) is 5.69 Å². The summed E-state index contributed by atoms with van der Waals surface area (Å²) >= 11 is 5.44. The summed E-state index contributed by atoms with van der Waals surface area (Å²) < 4.78 is 8.53. The van der Waals surface area contributed by atoms with E-state index in [4.69, 9.17) is 17.0 Å². The van der Waals surface area contributed by atoms with E-state index in [1.54, 1.807) is 6.07 Å². The number of H-pyrrole nitrogens is 1. The Bertz CT molecular complexity index is 1080. The molecule has 0 spiro atoms. The first-order valence-electron chi connectivity index (χ1n) is 9.16. The van der Waals surface area contributed by atoms with Crippen molar-refractivity contribution in [3.8, 4) is 11.4 Å². The molecule has 28 heavy (non-hydrogen) atoms. The van der Waals surface area contributed by atoms with Crippen LogP contribution in [0.2, 0.25) is 0 Å². The van der Waals surface area contributed by atoms with Crippen molar-refractivity contribution in [3.05, 3.63) is 68.1 Å². The van der Waals surface area contributed by atoms with Crippen molar-refractivity contribution >= 4 is 17.9 Å². The average Bonchev–Trinajstić information content (AvgIpc) is 3.00. The number of hydrogen-bond acceptors (Lipinski definition) is 5. The number of aromatic nitrogens is 3. The van der Waals surface area contributed by atoms with Crippen LogP contribution in [0.15, 0.2) is 35.5 Å². The molecule has 0 radical (unpaired) electrons. The van der Waals surface area contributed by atoms with E-state index in [2.05, 4.69) is 42.2 Å². The highest BCUT2D eigenvalue weighted by atomic mass is 32.1. The quantitative estimate of drug-likeness (QED) is 0.412. The highest BCUT2D eigenvalue weighted by Crippen LogP contribution is 2.34. The lowest BCUT2D eigenvalue weighted by Crippen LogP contribution is -2.08. The molecule has 0 amide bonds. The molecule has 2 aromatic carbocycles. The van der Waals surface area contributed by atoms with Gasteiger partial charge in [-0.2, -0.15) is 5.10 Å². The summed E-state index contributed by atoms with van der Waals surface area (Å²) in [7, 11) is 0. The first-order valence-corrected chi connectivity index (χ1v) is 9.57. The van der Waals surface area contributed by atoms with Crippen LogP contribution in [0.4, 0.5) is 5.69 Å². The summed E-state index contributed by atoms with van der Waals surface area (Å²) in [6.07, 6.45) is 0. The third kappa shape index (κ3) is 3.89. The molecule has 6 nitrogen and oxygen atoms in total. The lowest BCUT2D eigenvalue weighted by molar-refractivity contribution is 0.289. The second-order valence-corrected chi connectivity index (χ2v) is 7.67. The van der Waals surface area contributed by atoms with Crippen LogP contribution in [0.5, 0.6) is 5.75 Å². The van der Waals surface area contributed by atoms with Gasteiger partial charge in [-0.25, -0.2) is 0 Å². The summed E-state index contributed by atoms with van der Waals surface area (Å²) in [6.45, 7) is 10.3. The Morgan fingerprint density at radius 1 is 1.18 bits per heavy atom. The topological polar surface area (TPSA) is 72.3 Å². The first-order chi connectivity index (χ1) is 13.3. The molecule has 0 aliphatic heterocycles. The van der Waals surface area contributed by atoms with Crippen molar-refractivity contribution < 1.29 is 4.74 Å². The Kier molecular flexibility index (Phi) is 5.74. The van der Waals surface area contributed by atoms with Crippen LogP contribution in [0.1, 0.15) is 47.8 Å². The smallest absolute Gasteiger partial charge is 0.199 e. The van der Waals surface area contributed by atoms with Crippen LogP contribution in [0.3, 0.4) is 0 Å². The Hall–Kier alpha value is -2.80. The minimum atomic E-state index is 0.191. The number of ether oxygens (including phenoxy) is 1. The number of aryl methyl sites for hydroxylation is 3. The number of aromatic amines is 1. The van der Waals surface area contributed by atoms with Crippen molar-refractivity contribution in [2.24, 2.45) is 5.18 Å². The molecular weight excluding hydrogens is 372 g/mol. The molecule has 1 heterocycles. The Labute approximate surface area is 169 Å². The summed E-state index contributed by atoms with van der Waals surface area (Å²) in [5, 5.41) is 10.3. The molecule has 3 rings (SSSR count). The molecule has 0 fully saturated rings. The number of hydrogen-bond donors (Lipinski definition) is 1. The van der Waals surface area contributed by atoms with Gasteiger partial charge in [0.15, 0.2) is 10.6 Å². The lowest BCUT2D eigenvalue weighted by Gasteiger charge is -2.16. The summed E-state index contributed by atoms with van der Waals surface area (Å²) in [6, 6.07) is 9.85. The van der Waals surface area contributed by atoms with Crippen molar-refractivity contribution in [1.82, 2.24) is 14.8 Å². The summed E-state index contributed by atoms with van der Waals surface area (Å²) in [4.78, 5) is 11.0. The fourth-order valence-electron chi connectivity index (χ4n) is 3.23. The lowest BCUT2D eigenvalue weighted by atomic mass is 9.99. The number of benzene rings is 2. The maximum atomic E-state index is 11.0. The normalized spacial score (nSPS) is 11.1. The number of nitrogens with one attached hydrogen (secondary N) is 1. The van der Waals surface area contributed by atoms with Gasteiger partial charge in [-0.3, -0.25) is 9.67 Å². The predicted octanol–water partition coefficient (Wildman–Crippen LogP) is 5.96. The van der Waals surface area contributed by atoms with Crippen LogP contribution in [-0.4, -0.2) is 14.8 Å². The number of rotatable bonds is 6. The van der Waals surface area contributed by atoms with Crippen molar-refractivity contribution in [2.45, 2.75) is 47.1 Å². The average molecular weight is 397 g/mol. The maximum absolute atomic E-state index is 11.0. The van der Waals surface area contributed by atoms with Crippen LogP contribution in [0, 0.1) is 30.4 Å². The van der Waals surface area contributed by atoms with Crippen molar-refractivity contribution in [3.63, 3.8) is 0 Å². The van der Waals surface area contributed by atoms with Crippen LogP contribution in [-0.2, 0) is 6.61 Å². The molecule has 0 aliphatic carbocycles. The van der Waals surface area contributed by atoms with Crippen LogP contribution < -0.4 is 4.74 Å². The van der Waals surface area contributed by atoms with E-state index in [0.29, 0.717) is 16.3 Å². The second kappa shape index (κ2) is 8.06. The van der Waals surface area contributed by atoms with E-state index in [-0.39, 0.29) is 12.5 Å². The Balaban J connectivity index is 1.96. The molecule has 1 aromatic heterocycles. The first kappa shape index (κ1) is 19.9. The molecule has 1 N–H and O–H groups in total. The molecule has 0 aliphatic rings. The number of nitroso groups, excluding NO2 is 1. The van der Waals surface area contributed by atoms with E-state index in [9.17, 15) is 4.91 Å². The van der Waals surface area contributed by atoms with Gasteiger partial charge in [0.25, 0.3) is 0 Å². The largest absolute Gasteiger partial charge is 0.485 e. The molecule has 7 heteroatoms. The molecule has 3 aromatic rings. The zero-order valence-electron chi connectivity index (χ0n) is 16.7. The third-order valence-corrected chi connectivity index (χ3v) is 5.01. The molecule has 146 valence electrons. The molecular formula is C21H24N4O2S. The highest BCUT2D eigenvalue weighted by Gasteiger charge is 2.15. The second-order valence-electron chi connectivity index (χ2n) is 7.28. The molecule has 0 bridgehead atoms. The van der Waals surface area contributed by atoms with E-state index in [1.165, 1.54) is 5.56 Å². The van der Waals surface area contributed by atoms with Gasteiger partial charge in [-0.05, 0) is 79.0 Å². The Morgan fingerprint density at radius 2 is 1.93 bits per heavy atom. The van der Waals surface area contributed by atoms with Gasteiger partial charge in [0.1, 0.15) is 18.0 Å². The monoisotopic (exact) mass is 396 g/mol. The molecule has 0 atom stereocenters. The van der Waals surface area contributed by atoms with E-state index in [0.717, 1.165) is 28.1 Å². The minimum absolute atomic E-state index is 0.191. The molecule has 0 unspecified atom stereocenters. The van der Waals surface area contributed by atoms with Crippen molar-refractivity contribution in [2.75, 3.05) is 0 Å². The van der Waals surface area contributed by atoms with E-state index < -0.39 is 0 Å². The minimum Gasteiger partial charge on any atom is -0.485 e. The third-order valence-electron chi connectivity index (χ3n) is 4.74. The van der Waals surface area contributed by atoms with Gasteiger partial charge in [0.2, 0.25) is 0 Å². The predicted molar refractivity (Wildman–Crippen MR) is 113 cm³/mol. The fraction of sp³-hybridized carbons (Fsp3) is 0.333. The Morgan fingerprint density at radius 3 is 2.57 bits per heavy atom. The SMILES string of the molecule is Cc1ccc(-n2c(COc3cc(C)c(N=O)cc3C(C)C)n[nH]c2=S)c(C)c1. The highest BCUT2D eigenvalue weighted by molar-refractivity contribution is 7.71. The summed E-state index contributed by atoms with van der Waals surface area (Å²) in [5.41, 5.74) is 5.43. The van der Waals surface area contributed by atoms with Gasteiger partial charge < -0.3 is 4.74 Å². The molecule has 0 saturated carbocycles. The zero-order valence-corrected chi connectivity index (χ0v) is 17.6. The van der Waals surface area contributed by atoms with E-state index >= 15 is 0 Å². The summed E-state index contributed by atoms with van der Waals surface area (Å²) in [5.74, 6) is 1.60. The van der Waals surface area contributed by atoms with Gasteiger partial charge >= 0.3 is 0 Å². The van der Waals surface area contributed by atoms with E-state index in [1.807, 2.05) is 36.6 Å². The number of nitrogens with zero attached hydrogens (tertiary/aromatic N) is 3.